The molecule has 0 heterocycles. The van der Waals surface area contributed by atoms with Gasteiger partial charge < -0.3 is 20.4 Å². The van der Waals surface area contributed by atoms with Crippen molar-refractivity contribution in [1.82, 2.24) is 0 Å². The Morgan fingerprint density at radius 1 is 1.50 bits per heavy atom. The number of rotatable bonds is 1. The minimum absolute atomic E-state index is 0.0972. The van der Waals surface area contributed by atoms with Gasteiger partial charge in [0.1, 0.15) is 6.26 Å². The molecule has 0 aliphatic rings. The zero-order valence-electron chi connectivity index (χ0n) is 3.94. The van der Waals surface area contributed by atoms with E-state index in [4.69, 9.17) is 20.4 Å². The number of aliphatic hydroxyl groups excluding tert-OH is 2. The van der Waals surface area contributed by atoms with E-state index < -0.39 is 11.7 Å². The van der Waals surface area contributed by atoms with Gasteiger partial charge >= 0.3 is 0 Å². The lowest BCUT2D eigenvalue weighted by Gasteiger charge is -2.11. The lowest BCUT2D eigenvalue weighted by atomic mass is 10.4. The third-order valence-electron chi connectivity index (χ3n) is 0.499. The second kappa shape index (κ2) is 1.99. The van der Waals surface area contributed by atoms with Crippen molar-refractivity contribution in [2.24, 2.45) is 5.73 Å². The quantitative estimate of drug-likeness (QED) is 0.215. The van der Waals surface area contributed by atoms with Gasteiger partial charge in [-0.3, -0.25) is 5.73 Å². The predicted octanol–water partition coefficient (Wildman–Crippen LogP) is -1.46. The summed E-state index contributed by atoms with van der Waals surface area (Å²) in [7, 11) is 0. The van der Waals surface area contributed by atoms with E-state index in [2.05, 4.69) is 5.73 Å². The molecule has 0 radical (unpaired) electrons. The minimum Gasteiger partial charge on any atom is -0.512 e. The number of nitrogens with two attached hydrogens (primary N) is 1. The fourth-order valence-corrected chi connectivity index (χ4v) is 0.0950. The van der Waals surface area contributed by atoms with Gasteiger partial charge in [-0.1, -0.05) is 0 Å². The largest absolute Gasteiger partial charge is 0.512 e. The van der Waals surface area contributed by atoms with Crippen molar-refractivity contribution in [3.8, 4) is 0 Å². The van der Waals surface area contributed by atoms with Crippen LogP contribution < -0.4 is 5.73 Å². The second-order valence-electron chi connectivity index (χ2n) is 1.24. The molecule has 0 rings (SSSR count). The third-order valence-corrected chi connectivity index (χ3v) is 0.499. The fourth-order valence-electron chi connectivity index (χ4n) is 0.0950. The molecule has 48 valence electrons. The summed E-state index contributed by atoms with van der Waals surface area (Å²) in [5.41, 5.74) is 4.42. The number of hydrogen-bond donors (Lipinski definition) is 5. The van der Waals surface area contributed by atoms with Gasteiger partial charge in [0.15, 0.2) is 0 Å². The van der Waals surface area contributed by atoms with Crippen LogP contribution in [0, 0.1) is 0 Å². The number of hydrogen-bond acceptors (Lipinski definition) is 5. The Balaban J connectivity index is 4.03. The Morgan fingerprint density at radius 2 is 1.88 bits per heavy atom. The van der Waals surface area contributed by atoms with E-state index in [0.717, 1.165) is 0 Å². The molecule has 5 heteroatoms. The summed E-state index contributed by atoms with van der Waals surface area (Å²) in [5, 5.41) is 32.3. The van der Waals surface area contributed by atoms with Gasteiger partial charge in [0.05, 0.1) is 0 Å². The lowest BCUT2D eigenvalue weighted by molar-refractivity contribution is -0.148. The highest BCUT2D eigenvalue weighted by Gasteiger charge is 2.21. The van der Waals surface area contributed by atoms with Crippen molar-refractivity contribution < 1.29 is 20.4 Å². The molecule has 0 aliphatic carbocycles. The zero-order valence-corrected chi connectivity index (χ0v) is 3.94. The first-order chi connectivity index (χ1) is 3.48. The minimum atomic E-state index is -2.82. The normalized spacial score (nSPS) is 14.1. The molecule has 0 aromatic carbocycles. The number of aliphatic hydroxyl groups is 4. The van der Waals surface area contributed by atoms with Gasteiger partial charge in [-0.2, -0.15) is 0 Å². The van der Waals surface area contributed by atoms with Gasteiger partial charge in [0, 0.05) is 0 Å². The summed E-state index contributed by atoms with van der Waals surface area (Å²) < 4.78 is 0. The van der Waals surface area contributed by atoms with Gasteiger partial charge in [-0.25, -0.2) is 0 Å². The molecule has 0 fully saturated rings. The van der Waals surface area contributed by atoms with Crippen molar-refractivity contribution in [2.75, 3.05) is 0 Å². The maximum Gasteiger partial charge on any atom is 0.284 e. The van der Waals surface area contributed by atoms with Crippen LogP contribution in [-0.2, 0) is 0 Å². The standard InChI is InChI=1S/C3H7NO4/c4-3(7,8)2(6)1-5/h1,5-8H,4H2/b2-1-. The van der Waals surface area contributed by atoms with Crippen LogP contribution in [0.25, 0.3) is 0 Å². The third kappa shape index (κ3) is 1.78. The van der Waals surface area contributed by atoms with Crippen LogP contribution in [0.5, 0.6) is 0 Å². The molecule has 0 saturated carbocycles. The second-order valence-corrected chi connectivity index (χ2v) is 1.24. The van der Waals surface area contributed by atoms with Crippen LogP contribution in [0.2, 0.25) is 0 Å². The van der Waals surface area contributed by atoms with Crippen molar-refractivity contribution in [1.29, 1.82) is 0 Å². The summed E-state index contributed by atoms with van der Waals surface area (Å²) in [4.78, 5) is 0. The van der Waals surface area contributed by atoms with Crippen molar-refractivity contribution in [3.63, 3.8) is 0 Å². The molecule has 0 aliphatic heterocycles. The molecule has 0 aromatic heterocycles. The molecular formula is C3H7NO4. The summed E-state index contributed by atoms with van der Waals surface area (Å²) in [5.74, 6) is -3.92. The Bertz CT molecular complexity index is 102. The van der Waals surface area contributed by atoms with Gasteiger partial charge in [0.2, 0.25) is 5.76 Å². The average molecular weight is 121 g/mol. The molecule has 0 bridgehead atoms. The first-order valence-electron chi connectivity index (χ1n) is 1.76. The zero-order chi connectivity index (χ0) is 6.78. The van der Waals surface area contributed by atoms with E-state index in [9.17, 15) is 0 Å². The van der Waals surface area contributed by atoms with E-state index in [0.29, 0.717) is 0 Å². The molecule has 0 amide bonds. The monoisotopic (exact) mass is 121 g/mol. The van der Waals surface area contributed by atoms with Crippen molar-refractivity contribution in [2.45, 2.75) is 5.91 Å². The fraction of sp³-hybridized carbons (Fsp3) is 0.333. The maximum atomic E-state index is 8.18. The van der Waals surface area contributed by atoms with Gasteiger partial charge in [-0.05, 0) is 0 Å². The average Bonchev–Trinajstić information content (AvgIpc) is 1.62. The summed E-state index contributed by atoms with van der Waals surface area (Å²) in [6.45, 7) is 0. The highest BCUT2D eigenvalue weighted by molar-refractivity contribution is 4.93. The van der Waals surface area contributed by atoms with Crippen LogP contribution in [-0.4, -0.2) is 26.3 Å². The first kappa shape index (κ1) is 7.22. The van der Waals surface area contributed by atoms with Crippen LogP contribution in [0.15, 0.2) is 12.0 Å². The smallest absolute Gasteiger partial charge is 0.284 e. The van der Waals surface area contributed by atoms with Crippen LogP contribution >= 0.6 is 0 Å². The Labute approximate surface area is 45.3 Å². The highest BCUT2D eigenvalue weighted by Crippen LogP contribution is 1.99. The van der Waals surface area contributed by atoms with Gasteiger partial charge in [0.25, 0.3) is 5.91 Å². The van der Waals surface area contributed by atoms with E-state index in [1.54, 1.807) is 0 Å². The molecule has 0 spiro atoms. The summed E-state index contributed by atoms with van der Waals surface area (Å²) in [6, 6.07) is 0. The molecule has 0 unspecified atom stereocenters. The van der Waals surface area contributed by atoms with Crippen molar-refractivity contribution >= 4 is 0 Å². The molecule has 0 aromatic rings. The SMILES string of the molecule is NC(O)(O)/C(O)=C/O. The van der Waals surface area contributed by atoms with Crippen molar-refractivity contribution in [3.05, 3.63) is 12.0 Å². The van der Waals surface area contributed by atoms with Crippen LogP contribution in [0.3, 0.4) is 0 Å². The van der Waals surface area contributed by atoms with E-state index in [-0.39, 0.29) is 6.26 Å². The topological polar surface area (TPSA) is 107 Å². The molecular weight excluding hydrogens is 114 g/mol. The lowest BCUT2D eigenvalue weighted by Crippen LogP contribution is -2.41. The molecule has 8 heavy (non-hydrogen) atoms. The Hall–Kier alpha value is -0.780. The molecule has 0 atom stereocenters. The van der Waals surface area contributed by atoms with Crippen LogP contribution in [0.1, 0.15) is 0 Å². The summed E-state index contributed by atoms with van der Waals surface area (Å²) >= 11 is 0. The van der Waals surface area contributed by atoms with E-state index in [1.165, 1.54) is 0 Å². The Kier molecular flexibility index (Phi) is 1.80. The van der Waals surface area contributed by atoms with E-state index >= 15 is 0 Å². The van der Waals surface area contributed by atoms with E-state index in [1.807, 2.05) is 0 Å². The first-order valence-corrected chi connectivity index (χ1v) is 1.76. The predicted molar refractivity (Wildman–Crippen MR) is 24.7 cm³/mol. The Morgan fingerprint density at radius 3 is 1.88 bits per heavy atom. The van der Waals surface area contributed by atoms with Gasteiger partial charge in [-0.15, -0.1) is 0 Å². The molecule has 5 nitrogen and oxygen atoms in total. The molecule has 0 saturated heterocycles. The summed E-state index contributed by atoms with van der Waals surface area (Å²) in [6.07, 6.45) is 0.0972. The highest BCUT2D eigenvalue weighted by atomic mass is 16.5. The molecule has 6 N–H and O–H groups in total. The van der Waals surface area contributed by atoms with Crippen LogP contribution in [0.4, 0.5) is 0 Å². The maximum absolute atomic E-state index is 8.18.